The number of benzene rings is 1. The van der Waals surface area contributed by atoms with Crippen molar-refractivity contribution in [1.29, 1.82) is 10.5 Å². The van der Waals surface area contributed by atoms with Crippen LogP contribution < -0.4 is 24.8 Å². The Hall–Kier alpha value is -4.31. The van der Waals surface area contributed by atoms with Gasteiger partial charge in [0, 0.05) is 50.5 Å². The van der Waals surface area contributed by atoms with Gasteiger partial charge in [0.1, 0.15) is 28.9 Å². The number of anilines is 2. The molecule has 2 aliphatic rings. The van der Waals surface area contributed by atoms with E-state index in [1.807, 2.05) is 11.9 Å². The van der Waals surface area contributed by atoms with Gasteiger partial charge < -0.3 is 23.8 Å². The molecule has 2 aliphatic carbocycles. The molecule has 5 rings (SSSR count). The summed E-state index contributed by atoms with van der Waals surface area (Å²) in [5, 5.41) is 19.4. The number of nitriles is 2. The van der Waals surface area contributed by atoms with Gasteiger partial charge in [0.2, 0.25) is 5.82 Å². The zero-order valence-electron chi connectivity index (χ0n) is 23.3. The molecule has 2 aromatic heterocycles. The Balaban J connectivity index is 1.44. The van der Waals surface area contributed by atoms with Gasteiger partial charge in [-0.3, -0.25) is 4.79 Å². The zero-order valence-corrected chi connectivity index (χ0v) is 23.3. The third kappa shape index (κ3) is 4.90. The third-order valence-electron chi connectivity index (χ3n) is 8.36. The Labute approximate surface area is 233 Å². The van der Waals surface area contributed by atoms with Crippen LogP contribution in [0.25, 0.3) is 11.0 Å². The Morgan fingerprint density at radius 3 is 2.20 bits per heavy atom. The normalized spacial score (nSPS) is 18.6. The Morgan fingerprint density at radius 2 is 1.65 bits per heavy atom. The molecule has 1 aromatic carbocycles. The van der Waals surface area contributed by atoms with Crippen molar-refractivity contribution in [1.82, 2.24) is 9.55 Å². The summed E-state index contributed by atoms with van der Waals surface area (Å²) >= 11 is 0. The highest BCUT2D eigenvalue weighted by Gasteiger charge is 2.34. The third-order valence-corrected chi connectivity index (χ3v) is 8.36. The lowest BCUT2D eigenvalue weighted by molar-refractivity contribution is 0.347. The molecule has 40 heavy (non-hydrogen) atoms. The van der Waals surface area contributed by atoms with Gasteiger partial charge in [-0.15, -0.1) is 0 Å². The average Bonchev–Trinajstić information content (AvgIpc) is 3.81. The molecule has 0 atom stereocenters. The molecule has 2 heterocycles. The van der Waals surface area contributed by atoms with Crippen LogP contribution in [0.5, 0.6) is 11.5 Å². The maximum atomic E-state index is 14.7. The fraction of sp³-hybridized carbons (Fsp3) is 0.467. The molecule has 208 valence electrons. The van der Waals surface area contributed by atoms with Gasteiger partial charge in [0.05, 0.1) is 25.4 Å². The summed E-state index contributed by atoms with van der Waals surface area (Å²) in [6, 6.07) is 11.3. The fourth-order valence-electron chi connectivity index (χ4n) is 5.90. The largest absolute Gasteiger partial charge is 0.493 e. The number of fused-ring (bicyclic) bond motifs is 1. The van der Waals surface area contributed by atoms with Gasteiger partial charge in [-0.25, -0.2) is 4.98 Å². The molecule has 0 bridgehead atoms. The molecule has 2 fully saturated rings. The minimum atomic E-state index is -0.506. The molecule has 0 N–H and O–H groups in total. The monoisotopic (exact) mass is 544 g/mol. The van der Waals surface area contributed by atoms with Crippen LogP contribution in [0.1, 0.15) is 49.8 Å². The first-order valence-electron chi connectivity index (χ1n) is 13.6. The number of aryl methyl sites for hydroxylation is 1. The zero-order chi connectivity index (χ0) is 28.6. The predicted molar refractivity (Wildman–Crippen MR) is 150 cm³/mol. The fourth-order valence-corrected chi connectivity index (χ4v) is 5.90. The van der Waals surface area contributed by atoms with E-state index >= 15 is 0 Å². The Morgan fingerprint density at radius 1 is 1.02 bits per heavy atom. The van der Waals surface area contributed by atoms with Crippen molar-refractivity contribution in [3.05, 3.63) is 51.7 Å². The molecule has 0 aliphatic heterocycles. The minimum Gasteiger partial charge on any atom is -0.493 e. The molecule has 10 heteroatoms. The molecule has 0 saturated heterocycles. The van der Waals surface area contributed by atoms with Crippen LogP contribution in [0.4, 0.5) is 15.8 Å². The number of hydrogen-bond donors (Lipinski definition) is 0. The minimum absolute atomic E-state index is 0.0306. The summed E-state index contributed by atoms with van der Waals surface area (Å²) in [5.41, 5.74) is 2.29. The van der Waals surface area contributed by atoms with Gasteiger partial charge in [-0.2, -0.15) is 14.9 Å². The highest BCUT2D eigenvalue weighted by Crippen LogP contribution is 2.40. The van der Waals surface area contributed by atoms with E-state index in [0.717, 1.165) is 37.9 Å². The number of pyridine rings is 2. The Kier molecular flexibility index (Phi) is 7.53. The first-order valence-corrected chi connectivity index (χ1v) is 13.6. The van der Waals surface area contributed by atoms with Crippen molar-refractivity contribution < 1.29 is 13.9 Å². The van der Waals surface area contributed by atoms with Crippen molar-refractivity contribution in [3.8, 4) is 23.6 Å². The molecular weight excluding hydrogens is 511 g/mol. The maximum absolute atomic E-state index is 14.7. The van der Waals surface area contributed by atoms with Crippen LogP contribution in [0, 0.1) is 34.4 Å². The lowest BCUT2D eigenvalue weighted by Crippen LogP contribution is -2.44. The van der Waals surface area contributed by atoms with Crippen LogP contribution in [-0.4, -0.2) is 49.4 Å². The number of hydrogen-bond acceptors (Lipinski definition) is 8. The lowest BCUT2D eigenvalue weighted by Gasteiger charge is -2.42. The van der Waals surface area contributed by atoms with E-state index < -0.39 is 5.82 Å². The summed E-state index contributed by atoms with van der Waals surface area (Å²) in [4.78, 5) is 22.0. The predicted octanol–water partition coefficient (Wildman–Crippen LogP) is 4.50. The van der Waals surface area contributed by atoms with Gasteiger partial charge in [-0.1, -0.05) is 0 Å². The van der Waals surface area contributed by atoms with Crippen molar-refractivity contribution in [2.45, 2.75) is 50.6 Å². The number of ether oxygens (including phenoxy) is 2. The van der Waals surface area contributed by atoms with Gasteiger partial charge >= 0.3 is 0 Å². The van der Waals surface area contributed by atoms with E-state index in [-0.39, 0.29) is 40.4 Å². The molecule has 2 saturated carbocycles. The van der Waals surface area contributed by atoms with Crippen molar-refractivity contribution in [3.63, 3.8) is 0 Å². The van der Waals surface area contributed by atoms with Crippen LogP contribution in [0.15, 0.2) is 29.1 Å². The average molecular weight is 545 g/mol. The maximum Gasteiger partial charge on any atom is 0.270 e. The molecule has 0 spiro atoms. The smallest absolute Gasteiger partial charge is 0.270 e. The summed E-state index contributed by atoms with van der Waals surface area (Å²) in [6.45, 7) is 0.891. The summed E-state index contributed by atoms with van der Waals surface area (Å²) < 4.78 is 26.7. The van der Waals surface area contributed by atoms with Gasteiger partial charge in [-0.05, 0) is 56.6 Å². The molecule has 0 unspecified atom stereocenters. The molecular formula is C30H33FN6O3. The topological polar surface area (TPSA) is 107 Å². The first kappa shape index (κ1) is 27.3. The highest BCUT2D eigenvalue weighted by atomic mass is 19.1. The number of methoxy groups -OCH3 is 2. The lowest BCUT2D eigenvalue weighted by atomic mass is 9.88. The van der Waals surface area contributed by atoms with E-state index in [2.05, 4.69) is 22.0 Å². The first-order chi connectivity index (χ1) is 19.3. The number of halogens is 1. The molecule has 3 aromatic rings. The van der Waals surface area contributed by atoms with Crippen LogP contribution in [0.2, 0.25) is 0 Å². The second kappa shape index (κ2) is 11.1. The molecule has 0 radical (unpaired) electrons. The summed E-state index contributed by atoms with van der Waals surface area (Å²) in [7, 11) is 6.43. The Bertz CT molecular complexity index is 1550. The van der Waals surface area contributed by atoms with Crippen molar-refractivity contribution in [2.75, 3.05) is 37.6 Å². The standard InChI is InChI=1S/C30H33FN6O3/c1-35(29-23(16-33)30(38)36(2)24-12-7-19(15-32)34-28(24)29)20-8-10-21(11-9-20)37(17-18-5-6-18)22-13-25(39-3)27(31)26(14-22)40-4/h7,12-14,18,20-21H,5-6,8-11,17H2,1-4H3/t20-,21+. The van der Waals surface area contributed by atoms with E-state index in [4.69, 9.17) is 9.47 Å². The van der Waals surface area contributed by atoms with E-state index in [1.165, 1.54) is 31.6 Å². The van der Waals surface area contributed by atoms with Crippen LogP contribution in [-0.2, 0) is 7.05 Å². The summed E-state index contributed by atoms with van der Waals surface area (Å²) in [6.07, 6.45) is 5.80. The van der Waals surface area contributed by atoms with Crippen molar-refractivity contribution >= 4 is 22.4 Å². The molecule has 9 nitrogen and oxygen atoms in total. The number of rotatable bonds is 8. The number of aromatic nitrogens is 2. The SMILES string of the molecule is COc1cc(N(CC2CC2)[C@H]2CC[C@@H](N(C)c3c(C#N)c(=O)n(C)c4ccc(C#N)nc34)CC2)cc(OC)c1F. The number of nitrogens with zero attached hydrogens (tertiary/aromatic N) is 6. The van der Waals surface area contributed by atoms with Gasteiger partial charge in [0.15, 0.2) is 11.5 Å². The second-order valence-corrected chi connectivity index (χ2v) is 10.7. The highest BCUT2D eigenvalue weighted by molar-refractivity contribution is 5.92. The van der Waals surface area contributed by atoms with E-state index in [9.17, 15) is 19.7 Å². The van der Waals surface area contributed by atoms with E-state index in [0.29, 0.717) is 22.6 Å². The van der Waals surface area contributed by atoms with Crippen molar-refractivity contribution in [2.24, 2.45) is 13.0 Å². The van der Waals surface area contributed by atoms with E-state index in [1.54, 1.807) is 31.3 Å². The summed E-state index contributed by atoms with van der Waals surface area (Å²) in [5.74, 6) is 0.435. The van der Waals surface area contributed by atoms with Crippen LogP contribution >= 0.6 is 0 Å². The second-order valence-electron chi connectivity index (χ2n) is 10.7. The van der Waals surface area contributed by atoms with Crippen LogP contribution in [0.3, 0.4) is 0 Å². The quantitative estimate of drug-likeness (QED) is 0.408. The molecule has 0 amide bonds. The van der Waals surface area contributed by atoms with Gasteiger partial charge in [0.25, 0.3) is 5.56 Å².